The van der Waals surface area contributed by atoms with Gasteiger partial charge in [0.25, 0.3) is 0 Å². The molecule has 0 unspecified atom stereocenters. The van der Waals surface area contributed by atoms with Crippen molar-refractivity contribution in [3.63, 3.8) is 0 Å². The fraction of sp³-hybridized carbons (Fsp3) is 0.200. The molecule has 0 heterocycles. The van der Waals surface area contributed by atoms with Crippen molar-refractivity contribution in [3.05, 3.63) is 47.5 Å². The van der Waals surface area contributed by atoms with E-state index >= 15 is 0 Å². The van der Waals surface area contributed by atoms with Crippen LogP contribution in [0.5, 0.6) is 0 Å². The van der Waals surface area contributed by atoms with Crippen molar-refractivity contribution < 1.29 is 0 Å². The highest BCUT2D eigenvalue weighted by Gasteiger charge is 1.99. The number of hydrogen-bond acceptors (Lipinski definition) is 1. The molecule has 0 fully saturated rings. The third kappa shape index (κ3) is 2.08. The maximum Gasteiger partial charge on any atom is 0.0577 e. The summed E-state index contributed by atoms with van der Waals surface area (Å²) in [6.45, 7) is 2.86. The van der Waals surface area contributed by atoms with Crippen LogP contribution in [0.1, 0.15) is 11.1 Å². The first-order valence-corrected chi connectivity index (χ1v) is 5.45. The highest BCUT2D eigenvalue weighted by molar-refractivity contribution is 5.90. The van der Waals surface area contributed by atoms with Crippen molar-refractivity contribution in [2.75, 3.05) is 13.6 Å². The second-order valence-electron chi connectivity index (χ2n) is 3.81. The fourth-order valence-corrected chi connectivity index (χ4v) is 1.79. The highest BCUT2D eigenvalue weighted by Crippen LogP contribution is 2.21. The van der Waals surface area contributed by atoms with Crippen molar-refractivity contribution >= 4 is 10.8 Å². The normalized spacial score (nSPS) is 9.88. The van der Waals surface area contributed by atoms with E-state index in [1.807, 2.05) is 7.05 Å². The number of benzene rings is 2. The first-order chi connectivity index (χ1) is 7.83. The lowest BCUT2D eigenvalue weighted by molar-refractivity contribution is 0.938. The summed E-state index contributed by atoms with van der Waals surface area (Å²) in [6.07, 6.45) is 0. The average molecular weight is 209 g/mol. The molecule has 0 atom stereocenters. The molecule has 0 aliphatic rings. The first-order valence-electron chi connectivity index (χ1n) is 5.45. The number of rotatable bonds is 1. The van der Waals surface area contributed by atoms with Crippen LogP contribution in [0.3, 0.4) is 0 Å². The van der Waals surface area contributed by atoms with Crippen LogP contribution in [0.4, 0.5) is 0 Å². The van der Waals surface area contributed by atoms with E-state index in [9.17, 15) is 0 Å². The lowest BCUT2D eigenvalue weighted by Gasteiger charge is -2.03. The minimum atomic E-state index is 0.724. The van der Waals surface area contributed by atoms with E-state index in [0.717, 1.165) is 12.1 Å². The van der Waals surface area contributed by atoms with Crippen LogP contribution in [0.2, 0.25) is 0 Å². The van der Waals surface area contributed by atoms with Gasteiger partial charge in [-0.15, -0.1) is 0 Å². The molecule has 0 aromatic heterocycles. The molecule has 16 heavy (non-hydrogen) atoms. The quantitative estimate of drug-likeness (QED) is 0.712. The van der Waals surface area contributed by atoms with Gasteiger partial charge in [-0.2, -0.15) is 0 Å². The fourth-order valence-electron chi connectivity index (χ4n) is 1.79. The van der Waals surface area contributed by atoms with Gasteiger partial charge in [-0.05, 0) is 36.4 Å². The summed E-state index contributed by atoms with van der Waals surface area (Å²) in [6, 6.07) is 12.6. The van der Waals surface area contributed by atoms with Crippen LogP contribution < -0.4 is 5.32 Å². The maximum atomic E-state index is 3.20. The van der Waals surface area contributed by atoms with Gasteiger partial charge in [-0.3, -0.25) is 0 Å². The molecule has 0 amide bonds. The van der Waals surface area contributed by atoms with E-state index in [1.165, 1.54) is 16.3 Å². The minimum absolute atomic E-state index is 0.724. The standard InChI is InChI=1S/C15H15N/c1-12-9-10-13(6-5-11-16-2)15-8-4-3-7-14(12)15/h3-4,7-10,16H,11H2,1-2H3. The van der Waals surface area contributed by atoms with Crippen molar-refractivity contribution in [1.82, 2.24) is 5.32 Å². The summed E-state index contributed by atoms with van der Waals surface area (Å²) in [5.41, 5.74) is 2.41. The van der Waals surface area contributed by atoms with Crippen LogP contribution in [0.25, 0.3) is 10.8 Å². The highest BCUT2D eigenvalue weighted by atomic mass is 14.8. The van der Waals surface area contributed by atoms with Gasteiger partial charge in [0.15, 0.2) is 0 Å². The van der Waals surface area contributed by atoms with Crippen LogP contribution in [-0.4, -0.2) is 13.6 Å². The Morgan fingerprint density at radius 1 is 1.06 bits per heavy atom. The lowest BCUT2D eigenvalue weighted by Crippen LogP contribution is -2.04. The van der Waals surface area contributed by atoms with Gasteiger partial charge < -0.3 is 5.32 Å². The Labute approximate surface area is 96.5 Å². The molecular formula is C15H15N. The van der Waals surface area contributed by atoms with Gasteiger partial charge in [0.05, 0.1) is 6.54 Å². The Morgan fingerprint density at radius 3 is 2.56 bits per heavy atom. The summed E-state index contributed by atoms with van der Waals surface area (Å²) >= 11 is 0. The molecule has 1 heteroatoms. The van der Waals surface area contributed by atoms with Gasteiger partial charge in [-0.25, -0.2) is 0 Å². The monoisotopic (exact) mass is 209 g/mol. The summed E-state index contributed by atoms with van der Waals surface area (Å²) in [4.78, 5) is 0. The summed E-state index contributed by atoms with van der Waals surface area (Å²) in [5.74, 6) is 6.31. The van der Waals surface area contributed by atoms with Gasteiger partial charge in [-0.1, -0.05) is 42.2 Å². The molecule has 0 saturated heterocycles. The molecule has 2 aromatic carbocycles. The minimum Gasteiger partial charge on any atom is -0.309 e. The number of hydrogen-bond donors (Lipinski definition) is 1. The summed E-state index contributed by atoms with van der Waals surface area (Å²) in [7, 11) is 1.90. The first kappa shape index (κ1) is 10.7. The predicted octanol–water partition coefficient (Wildman–Crippen LogP) is 2.72. The molecule has 0 spiro atoms. The van der Waals surface area contributed by atoms with Gasteiger partial charge in [0.1, 0.15) is 0 Å². The summed E-state index contributed by atoms with van der Waals surface area (Å²) in [5, 5.41) is 5.56. The molecular weight excluding hydrogens is 194 g/mol. The number of nitrogens with one attached hydrogen (secondary N) is 1. The molecule has 0 aliphatic heterocycles. The number of fused-ring (bicyclic) bond motifs is 1. The van der Waals surface area contributed by atoms with E-state index in [4.69, 9.17) is 0 Å². The Morgan fingerprint density at radius 2 is 1.81 bits per heavy atom. The molecule has 1 nitrogen and oxygen atoms in total. The maximum absolute atomic E-state index is 3.20. The zero-order valence-corrected chi connectivity index (χ0v) is 9.67. The molecule has 1 N–H and O–H groups in total. The summed E-state index contributed by atoms with van der Waals surface area (Å²) < 4.78 is 0. The van der Waals surface area contributed by atoms with Crippen molar-refractivity contribution in [1.29, 1.82) is 0 Å². The smallest absolute Gasteiger partial charge is 0.0577 e. The van der Waals surface area contributed by atoms with Crippen molar-refractivity contribution in [2.45, 2.75) is 6.92 Å². The van der Waals surface area contributed by atoms with Gasteiger partial charge >= 0.3 is 0 Å². The Hall–Kier alpha value is -1.78. The van der Waals surface area contributed by atoms with E-state index < -0.39 is 0 Å². The molecule has 0 bridgehead atoms. The average Bonchev–Trinajstić information content (AvgIpc) is 2.33. The predicted molar refractivity (Wildman–Crippen MR) is 69.5 cm³/mol. The third-order valence-corrected chi connectivity index (χ3v) is 2.63. The topological polar surface area (TPSA) is 12.0 Å². The van der Waals surface area contributed by atoms with Crippen molar-refractivity contribution in [2.24, 2.45) is 0 Å². The second kappa shape index (κ2) is 4.83. The van der Waals surface area contributed by atoms with E-state index in [-0.39, 0.29) is 0 Å². The molecule has 0 saturated carbocycles. The van der Waals surface area contributed by atoms with Crippen LogP contribution in [0, 0.1) is 18.8 Å². The molecule has 0 aliphatic carbocycles. The molecule has 80 valence electrons. The molecule has 0 radical (unpaired) electrons. The van der Waals surface area contributed by atoms with Crippen LogP contribution in [-0.2, 0) is 0 Å². The molecule has 2 rings (SSSR count). The lowest BCUT2D eigenvalue weighted by atomic mass is 10.0. The van der Waals surface area contributed by atoms with Crippen LogP contribution >= 0.6 is 0 Å². The van der Waals surface area contributed by atoms with Crippen molar-refractivity contribution in [3.8, 4) is 11.8 Å². The van der Waals surface area contributed by atoms with E-state index in [1.54, 1.807) is 0 Å². The number of aryl methyl sites for hydroxylation is 1. The SMILES string of the molecule is CNCC#Cc1ccc(C)c2ccccc12. The third-order valence-electron chi connectivity index (χ3n) is 2.63. The van der Waals surface area contributed by atoms with Gasteiger partial charge in [0, 0.05) is 5.56 Å². The van der Waals surface area contributed by atoms with E-state index in [2.05, 4.69) is 60.5 Å². The Balaban J connectivity index is 2.56. The van der Waals surface area contributed by atoms with Crippen LogP contribution in [0.15, 0.2) is 36.4 Å². The van der Waals surface area contributed by atoms with E-state index in [0.29, 0.717) is 0 Å². The Kier molecular flexibility index (Phi) is 3.24. The second-order valence-corrected chi connectivity index (χ2v) is 3.81. The Bertz CT molecular complexity index is 558. The largest absolute Gasteiger partial charge is 0.309 e. The van der Waals surface area contributed by atoms with Gasteiger partial charge in [0.2, 0.25) is 0 Å². The molecule has 2 aromatic rings. The zero-order valence-electron chi connectivity index (χ0n) is 9.67. The zero-order chi connectivity index (χ0) is 11.4.